The van der Waals surface area contributed by atoms with Crippen molar-refractivity contribution in [1.29, 1.82) is 0 Å². The van der Waals surface area contributed by atoms with Crippen molar-refractivity contribution in [3.8, 4) is 11.4 Å². The number of benzene rings is 12. The second-order valence-corrected chi connectivity index (χ2v) is 28.2. The molecule has 0 unspecified atom stereocenters. The molecule has 4 nitrogen and oxygen atoms in total. The average molecular weight is 1170 g/mol. The smallest absolute Gasteiger partial charge is 0.0562 e. The van der Waals surface area contributed by atoms with E-state index in [2.05, 4.69) is 281 Å². The Morgan fingerprint density at radius 2 is 0.689 bits per heavy atom. The SMILES string of the molecule is CCCc1cc(N(c2cccc3c2CCCC3)c2cccc3c2c2ccccc2n3-c2ccccc2C(C)(C)C)c2ccc3c(CCC)cc(N(c4cccc5c4CCCC5)c4cccc5c4c4ccccc4n5-c4ccccc4C(C)(C)C)c4ccc1c2c34. The van der Waals surface area contributed by atoms with Gasteiger partial charge in [0.2, 0.25) is 0 Å². The summed E-state index contributed by atoms with van der Waals surface area (Å²) in [6, 6.07) is 80.6. The Morgan fingerprint density at radius 1 is 0.322 bits per heavy atom. The predicted octanol–water partition coefficient (Wildman–Crippen LogP) is 24.0. The van der Waals surface area contributed by atoms with E-state index in [4.69, 9.17) is 0 Å². The number of hydrogen-bond acceptors (Lipinski definition) is 2. The normalized spacial score (nSPS) is 13.8. The minimum absolute atomic E-state index is 0.0700. The van der Waals surface area contributed by atoms with E-state index < -0.39 is 0 Å². The Morgan fingerprint density at radius 3 is 1.12 bits per heavy atom. The summed E-state index contributed by atoms with van der Waals surface area (Å²) < 4.78 is 5.13. The van der Waals surface area contributed by atoms with Crippen LogP contribution in [0.15, 0.2) is 206 Å². The fraction of sp³-hybridized carbons (Fsp3) is 0.256. The van der Waals surface area contributed by atoms with Crippen molar-refractivity contribution in [3.05, 3.63) is 251 Å². The molecule has 2 aliphatic carbocycles. The van der Waals surface area contributed by atoms with E-state index in [1.165, 1.54) is 192 Å². The molecule has 0 atom stereocenters. The number of para-hydroxylation sites is 4. The molecule has 90 heavy (non-hydrogen) atoms. The van der Waals surface area contributed by atoms with Gasteiger partial charge >= 0.3 is 0 Å². The lowest BCUT2D eigenvalue weighted by Gasteiger charge is -2.34. The Labute approximate surface area is 531 Å². The summed E-state index contributed by atoms with van der Waals surface area (Å²) in [7, 11) is 0. The third-order valence-corrected chi connectivity index (χ3v) is 20.5. The zero-order valence-electron chi connectivity index (χ0n) is 53.9. The van der Waals surface area contributed by atoms with Crippen LogP contribution in [-0.2, 0) is 49.4 Å². The highest BCUT2D eigenvalue weighted by atomic mass is 15.2. The zero-order chi connectivity index (χ0) is 61.2. The van der Waals surface area contributed by atoms with Crippen LogP contribution in [0, 0.1) is 0 Å². The maximum atomic E-state index is 2.74. The van der Waals surface area contributed by atoms with Crippen LogP contribution in [-0.4, -0.2) is 9.13 Å². The van der Waals surface area contributed by atoms with Crippen molar-refractivity contribution in [2.75, 3.05) is 9.80 Å². The van der Waals surface area contributed by atoms with Gasteiger partial charge in [-0.25, -0.2) is 0 Å². The van der Waals surface area contributed by atoms with E-state index in [-0.39, 0.29) is 10.8 Å². The Hall–Kier alpha value is -9.12. The van der Waals surface area contributed by atoms with Crippen molar-refractivity contribution in [1.82, 2.24) is 9.13 Å². The van der Waals surface area contributed by atoms with Crippen LogP contribution in [0.1, 0.15) is 138 Å². The van der Waals surface area contributed by atoms with Crippen LogP contribution in [0.25, 0.3) is 87.3 Å². The first kappa shape index (κ1) is 56.1. The van der Waals surface area contributed by atoms with Crippen molar-refractivity contribution >= 4 is 110 Å². The molecule has 0 spiro atoms. The highest BCUT2D eigenvalue weighted by molar-refractivity contribution is 6.30. The third kappa shape index (κ3) is 8.82. The fourth-order valence-electron chi connectivity index (χ4n) is 16.6. The fourth-order valence-corrected chi connectivity index (χ4v) is 16.6. The molecule has 0 radical (unpaired) electrons. The van der Waals surface area contributed by atoms with E-state index in [9.17, 15) is 0 Å². The van der Waals surface area contributed by atoms with Gasteiger partial charge in [0.15, 0.2) is 0 Å². The number of anilines is 6. The van der Waals surface area contributed by atoms with Crippen LogP contribution < -0.4 is 9.80 Å². The highest BCUT2D eigenvalue weighted by Gasteiger charge is 2.32. The Kier molecular flexibility index (Phi) is 13.6. The van der Waals surface area contributed by atoms with Crippen molar-refractivity contribution in [2.24, 2.45) is 0 Å². The number of hydrogen-bond donors (Lipinski definition) is 0. The molecule has 12 aromatic carbocycles. The van der Waals surface area contributed by atoms with E-state index in [1.54, 1.807) is 0 Å². The number of aryl methyl sites for hydroxylation is 4. The summed E-state index contributed by atoms with van der Waals surface area (Å²) in [6.45, 7) is 18.8. The molecular weight excluding hydrogens is 1090 g/mol. The summed E-state index contributed by atoms with van der Waals surface area (Å²) >= 11 is 0. The lowest BCUT2D eigenvalue weighted by Crippen LogP contribution is -2.17. The Balaban J connectivity index is 1.02. The molecule has 0 N–H and O–H groups in total. The predicted molar refractivity (Wildman–Crippen MR) is 387 cm³/mol. The van der Waals surface area contributed by atoms with Crippen molar-refractivity contribution in [2.45, 2.75) is 143 Å². The van der Waals surface area contributed by atoms with Gasteiger partial charge in [-0.2, -0.15) is 0 Å². The lowest BCUT2D eigenvalue weighted by molar-refractivity contribution is 0.587. The first-order chi connectivity index (χ1) is 43.9. The quantitative estimate of drug-likeness (QED) is 0.113. The second kappa shape index (κ2) is 21.8. The summed E-state index contributed by atoms with van der Waals surface area (Å²) in [4.78, 5) is 5.49. The number of nitrogens with zero attached hydrogens (tertiary/aromatic N) is 4. The molecule has 446 valence electrons. The number of aromatic nitrogens is 2. The average Bonchev–Trinajstić information content (AvgIpc) is 1.17. The van der Waals surface area contributed by atoms with Crippen LogP contribution in [0.2, 0.25) is 0 Å². The van der Waals surface area contributed by atoms with Gasteiger partial charge in [-0.3, -0.25) is 0 Å². The molecule has 2 aromatic heterocycles. The maximum Gasteiger partial charge on any atom is 0.0562 e. The molecule has 14 aromatic rings. The monoisotopic (exact) mass is 1170 g/mol. The molecule has 0 amide bonds. The summed E-state index contributed by atoms with van der Waals surface area (Å²) in [5, 5.41) is 13.1. The molecule has 0 saturated heterocycles. The zero-order valence-corrected chi connectivity index (χ0v) is 53.9. The maximum absolute atomic E-state index is 2.74. The summed E-state index contributed by atoms with van der Waals surface area (Å²) in [5.41, 5.74) is 26.2. The van der Waals surface area contributed by atoms with Gasteiger partial charge in [-0.15, -0.1) is 0 Å². The van der Waals surface area contributed by atoms with Gasteiger partial charge in [-0.1, -0.05) is 202 Å². The molecule has 2 aliphatic rings. The number of rotatable bonds is 12. The largest absolute Gasteiger partial charge is 0.309 e. The number of fused-ring (bicyclic) bond motifs is 8. The van der Waals surface area contributed by atoms with E-state index >= 15 is 0 Å². The van der Waals surface area contributed by atoms with Gasteiger partial charge in [0.05, 0.1) is 44.8 Å². The Bertz CT molecular complexity index is 4820. The third-order valence-electron chi connectivity index (χ3n) is 20.5. The van der Waals surface area contributed by atoms with Crippen LogP contribution in [0.3, 0.4) is 0 Å². The molecule has 0 fully saturated rings. The minimum Gasteiger partial charge on any atom is -0.309 e. The topological polar surface area (TPSA) is 16.3 Å². The van der Waals surface area contributed by atoms with E-state index in [0.29, 0.717) is 0 Å². The van der Waals surface area contributed by atoms with E-state index in [1.807, 2.05) is 0 Å². The summed E-state index contributed by atoms with van der Waals surface area (Å²) in [6.07, 6.45) is 13.2. The standard InChI is InChI=1S/C86H82N4/c1-9-27-57-53-79(89(69-43-23-31-55-29-11-13-33-59(55)69)77-47-25-45-75-83(77)63-35-15-19-39-71(63)87(75)73-41-21-17-37-67(73)85(3,4)5)65-52-50-62-58(28-10-2)54-80(66-51-49-61(57)81(65)82(62)66)90(70-44-24-32-56-30-12-14-34-60(56)70)78-48-26-46-76-84(78)64-36-16-20-40-72(64)88(76)74-42-22-18-38-68(74)86(6,7)8/h15-26,31-32,35-54H,9-14,27-30,33-34H2,1-8H3. The summed E-state index contributed by atoms with van der Waals surface area (Å²) in [5.74, 6) is 0. The first-order valence-corrected chi connectivity index (χ1v) is 33.7. The minimum atomic E-state index is -0.0700. The van der Waals surface area contributed by atoms with Crippen LogP contribution in [0.4, 0.5) is 34.1 Å². The second-order valence-electron chi connectivity index (χ2n) is 28.2. The highest BCUT2D eigenvalue weighted by Crippen LogP contribution is 2.55. The lowest BCUT2D eigenvalue weighted by atomic mass is 9.85. The molecule has 0 bridgehead atoms. The first-order valence-electron chi connectivity index (χ1n) is 33.7. The van der Waals surface area contributed by atoms with Crippen molar-refractivity contribution in [3.63, 3.8) is 0 Å². The van der Waals surface area contributed by atoms with Gasteiger partial charge in [0.1, 0.15) is 0 Å². The molecule has 0 saturated carbocycles. The molecular formula is C86H82N4. The van der Waals surface area contributed by atoms with Crippen LogP contribution in [0.5, 0.6) is 0 Å². The van der Waals surface area contributed by atoms with Crippen molar-refractivity contribution < 1.29 is 0 Å². The van der Waals surface area contributed by atoms with E-state index in [0.717, 1.165) is 51.4 Å². The van der Waals surface area contributed by atoms with Gasteiger partial charge in [-0.05, 0) is 214 Å². The van der Waals surface area contributed by atoms with Gasteiger partial charge in [0.25, 0.3) is 0 Å². The molecule has 2 heterocycles. The molecule has 16 rings (SSSR count). The van der Waals surface area contributed by atoms with Crippen LogP contribution >= 0.6 is 0 Å². The molecule has 4 heteroatoms. The molecule has 0 aliphatic heterocycles. The van der Waals surface area contributed by atoms with Gasteiger partial charge < -0.3 is 18.9 Å². The van der Waals surface area contributed by atoms with Gasteiger partial charge in [0, 0.05) is 55.1 Å².